The molecular weight excluding hydrogens is 520 g/mol. The van der Waals surface area contributed by atoms with Crippen molar-refractivity contribution in [3.8, 4) is 23.0 Å². The molecule has 2 heterocycles. The number of hydrogen-bond donors (Lipinski definition) is 1. The van der Waals surface area contributed by atoms with Crippen LogP contribution in [0.4, 0.5) is 0 Å². The zero-order chi connectivity index (χ0) is 28.8. The summed E-state index contributed by atoms with van der Waals surface area (Å²) in [5, 5.41) is 11.7. The van der Waals surface area contributed by atoms with Crippen molar-refractivity contribution in [2.45, 2.75) is 26.4 Å². The van der Waals surface area contributed by atoms with E-state index in [9.17, 15) is 14.7 Å². The van der Waals surface area contributed by atoms with E-state index in [4.69, 9.17) is 14.2 Å². The largest absolute Gasteiger partial charge is 0.507 e. The zero-order valence-electron chi connectivity index (χ0n) is 22.8. The highest BCUT2D eigenvalue weighted by Gasteiger charge is 2.46. The van der Waals surface area contributed by atoms with E-state index in [1.807, 2.05) is 50.2 Å². The number of likely N-dealkylation sites (tertiary alicyclic amines) is 1. The molecule has 41 heavy (non-hydrogen) atoms. The minimum absolute atomic E-state index is 0.0482. The topological polar surface area (TPSA) is 98.2 Å². The molecule has 0 saturated carbocycles. The van der Waals surface area contributed by atoms with Gasteiger partial charge in [0, 0.05) is 12.3 Å². The summed E-state index contributed by atoms with van der Waals surface area (Å²) in [5.74, 6) is 0.195. The van der Waals surface area contributed by atoms with Crippen LogP contribution in [0.25, 0.3) is 5.76 Å². The normalized spacial score (nSPS) is 16.0. The van der Waals surface area contributed by atoms with Crippen molar-refractivity contribution < 1.29 is 28.9 Å². The standard InChI is InChI=1S/C33H30N2O6/c1-3-39-25-16-17-27(28(20-25)40-4-2)31(36)29-30(35(33(38)32(29)37)21-23-12-8-9-18-34-23)22-11-10-15-26(19-22)41-24-13-6-5-7-14-24/h5-20,30,36H,3-4,21H2,1-2H3/b31-29+. The van der Waals surface area contributed by atoms with Crippen molar-refractivity contribution in [1.82, 2.24) is 9.88 Å². The SMILES string of the molecule is CCOc1ccc(/C(O)=C2\C(=O)C(=O)N(Cc3ccccn3)C2c2cccc(Oc3ccccc3)c2)c(OCC)c1. The van der Waals surface area contributed by atoms with Gasteiger partial charge in [-0.3, -0.25) is 14.6 Å². The molecular formula is C33H30N2O6. The van der Waals surface area contributed by atoms with E-state index in [-0.39, 0.29) is 23.4 Å². The highest BCUT2D eigenvalue weighted by atomic mass is 16.5. The summed E-state index contributed by atoms with van der Waals surface area (Å²) in [4.78, 5) is 32.9. The van der Waals surface area contributed by atoms with Crippen LogP contribution in [0.5, 0.6) is 23.0 Å². The molecule has 1 fully saturated rings. The van der Waals surface area contributed by atoms with Gasteiger partial charge in [-0.25, -0.2) is 0 Å². The summed E-state index contributed by atoms with van der Waals surface area (Å²) in [6.45, 7) is 4.54. The lowest BCUT2D eigenvalue weighted by atomic mass is 9.94. The second kappa shape index (κ2) is 12.4. The maximum Gasteiger partial charge on any atom is 0.296 e. The van der Waals surface area contributed by atoms with E-state index in [0.717, 1.165) is 0 Å². The monoisotopic (exact) mass is 550 g/mol. The summed E-state index contributed by atoms with van der Waals surface area (Å²) < 4.78 is 17.4. The molecule has 1 aliphatic rings. The van der Waals surface area contributed by atoms with Crippen molar-refractivity contribution in [2.24, 2.45) is 0 Å². The van der Waals surface area contributed by atoms with Crippen LogP contribution in [0.3, 0.4) is 0 Å². The number of carbonyl (C=O) groups is 2. The molecule has 1 atom stereocenters. The molecule has 0 radical (unpaired) electrons. The first-order valence-corrected chi connectivity index (χ1v) is 13.4. The fourth-order valence-electron chi connectivity index (χ4n) is 4.80. The molecule has 4 aromatic rings. The number of para-hydroxylation sites is 1. The molecule has 208 valence electrons. The highest BCUT2D eigenvalue weighted by molar-refractivity contribution is 6.46. The van der Waals surface area contributed by atoms with Gasteiger partial charge in [-0.1, -0.05) is 36.4 Å². The molecule has 1 amide bonds. The number of benzene rings is 3. The molecule has 0 spiro atoms. The van der Waals surface area contributed by atoms with Gasteiger partial charge in [0.2, 0.25) is 0 Å². The van der Waals surface area contributed by atoms with E-state index in [0.29, 0.717) is 47.5 Å². The van der Waals surface area contributed by atoms with Crippen molar-refractivity contribution in [2.75, 3.05) is 13.2 Å². The minimum Gasteiger partial charge on any atom is -0.507 e. The maximum absolute atomic E-state index is 13.6. The molecule has 0 aliphatic carbocycles. The number of aliphatic hydroxyl groups is 1. The van der Waals surface area contributed by atoms with Crippen LogP contribution in [0, 0.1) is 0 Å². The van der Waals surface area contributed by atoms with Gasteiger partial charge in [0.1, 0.15) is 28.8 Å². The van der Waals surface area contributed by atoms with E-state index in [1.54, 1.807) is 60.8 Å². The van der Waals surface area contributed by atoms with Gasteiger partial charge >= 0.3 is 0 Å². The molecule has 5 rings (SSSR count). The highest BCUT2D eigenvalue weighted by Crippen LogP contribution is 2.43. The number of aromatic nitrogens is 1. The van der Waals surface area contributed by atoms with Gasteiger partial charge in [-0.15, -0.1) is 0 Å². The Morgan fingerprint density at radius 2 is 1.59 bits per heavy atom. The third kappa shape index (κ3) is 5.91. The van der Waals surface area contributed by atoms with Crippen LogP contribution in [0.1, 0.15) is 36.7 Å². The Labute approximate surface area is 238 Å². The number of nitrogens with zero attached hydrogens (tertiary/aromatic N) is 2. The average molecular weight is 551 g/mol. The summed E-state index contributed by atoms with van der Waals surface area (Å²) >= 11 is 0. The fourth-order valence-corrected chi connectivity index (χ4v) is 4.80. The number of pyridine rings is 1. The van der Waals surface area contributed by atoms with E-state index < -0.39 is 17.7 Å². The van der Waals surface area contributed by atoms with Crippen LogP contribution in [-0.2, 0) is 16.1 Å². The number of amides is 1. The first-order chi connectivity index (χ1) is 20.0. The molecule has 1 aliphatic heterocycles. The number of rotatable bonds is 10. The van der Waals surface area contributed by atoms with Gasteiger partial charge in [0.15, 0.2) is 0 Å². The Balaban J connectivity index is 1.64. The molecule has 1 N–H and O–H groups in total. The number of aliphatic hydroxyl groups excluding tert-OH is 1. The Bertz CT molecular complexity index is 1570. The van der Waals surface area contributed by atoms with Crippen molar-refractivity contribution >= 4 is 17.4 Å². The number of ether oxygens (including phenoxy) is 3. The van der Waals surface area contributed by atoms with Gasteiger partial charge in [0.25, 0.3) is 11.7 Å². The van der Waals surface area contributed by atoms with Crippen molar-refractivity contribution in [3.05, 3.63) is 120 Å². The lowest BCUT2D eigenvalue weighted by Gasteiger charge is -2.25. The number of ketones is 1. The Morgan fingerprint density at radius 1 is 0.829 bits per heavy atom. The molecule has 1 unspecified atom stereocenters. The van der Waals surface area contributed by atoms with Gasteiger partial charge in [-0.05, 0) is 67.9 Å². The van der Waals surface area contributed by atoms with Gasteiger partial charge < -0.3 is 24.2 Å². The van der Waals surface area contributed by atoms with Crippen LogP contribution < -0.4 is 14.2 Å². The predicted octanol–water partition coefficient (Wildman–Crippen LogP) is 6.29. The van der Waals surface area contributed by atoms with Crippen molar-refractivity contribution in [1.29, 1.82) is 0 Å². The van der Waals surface area contributed by atoms with Crippen molar-refractivity contribution in [3.63, 3.8) is 0 Å². The maximum atomic E-state index is 13.6. The summed E-state index contributed by atoms with van der Waals surface area (Å²) in [5.41, 5.74) is 1.44. The van der Waals surface area contributed by atoms with Gasteiger partial charge in [-0.2, -0.15) is 0 Å². The molecule has 3 aromatic carbocycles. The third-order valence-corrected chi connectivity index (χ3v) is 6.57. The Kier molecular flexibility index (Phi) is 8.29. The summed E-state index contributed by atoms with van der Waals surface area (Å²) in [6.07, 6.45) is 1.63. The third-order valence-electron chi connectivity index (χ3n) is 6.57. The second-order valence-corrected chi connectivity index (χ2v) is 9.26. The van der Waals surface area contributed by atoms with E-state index in [1.165, 1.54) is 4.90 Å². The second-order valence-electron chi connectivity index (χ2n) is 9.26. The molecule has 8 nitrogen and oxygen atoms in total. The zero-order valence-corrected chi connectivity index (χ0v) is 22.8. The minimum atomic E-state index is -0.905. The molecule has 1 saturated heterocycles. The van der Waals surface area contributed by atoms with Crippen LogP contribution in [0.15, 0.2) is 103 Å². The molecule has 8 heteroatoms. The quantitative estimate of drug-likeness (QED) is 0.141. The number of hydrogen-bond acceptors (Lipinski definition) is 7. The first-order valence-electron chi connectivity index (χ1n) is 13.4. The smallest absolute Gasteiger partial charge is 0.296 e. The lowest BCUT2D eigenvalue weighted by Crippen LogP contribution is -2.29. The molecule has 1 aromatic heterocycles. The van der Waals surface area contributed by atoms with Gasteiger partial charge in [0.05, 0.1) is 42.6 Å². The predicted molar refractivity (Wildman–Crippen MR) is 154 cm³/mol. The summed E-state index contributed by atoms with van der Waals surface area (Å²) in [7, 11) is 0. The molecule has 0 bridgehead atoms. The van der Waals surface area contributed by atoms with Crippen LogP contribution in [0.2, 0.25) is 0 Å². The van der Waals surface area contributed by atoms with Crippen LogP contribution >= 0.6 is 0 Å². The van der Waals surface area contributed by atoms with E-state index >= 15 is 0 Å². The Hall–Kier alpha value is -5.11. The average Bonchev–Trinajstić information content (AvgIpc) is 3.23. The van der Waals surface area contributed by atoms with E-state index in [2.05, 4.69) is 4.98 Å². The number of carbonyl (C=O) groups excluding carboxylic acids is 2. The summed E-state index contributed by atoms with van der Waals surface area (Å²) in [6, 6.07) is 25.9. The lowest BCUT2D eigenvalue weighted by molar-refractivity contribution is -0.140. The number of Topliss-reactive ketones (excluding diaryl/α,β-unsaturated/α-hetero) is 1. The fraction of sp³-hybridized carbons (Fsp3) is 0.182. The first kappa shape index (κ1) is 27.5. The van der Waals surface area contributed by atoms with Crippen LogP contribution in [-0.4, -0.2) is 39.9 Å². The Morgan fingerprint density at radius 3 is 2.32 bits per heavy atom.